The van der Waals surface area contributed by atoms with E-state index in [4.69, 9.17) is 5.73 Å². The second-order valence-electron chi connectivity index (χ2n) is 3.88. The van der Waals surface area contributed by atoms with Crippen LogP contribution in [0.5, 0.6) is 0 Å². The number of hydrogen-bond acceptors (Lipinski definition) is 3. The predicted octanol–water partition coefficient (Wildman–Crippen LogP) is 1.70. The van der Waals surface area contributed by atoms with Crippen molar-refractivity contribution in [3.05, 3.63) is 54.1 Å². The number of amides is 1. The average Bonchev–Trinajstić information content (AvgIpc) is 2.37. The van der Waals surface area contributed by atoms with Crippen molar-refractivity contribution in [3.8, 4) is 11.1 Å². The fourth-order valence-corrected chi connectivity index (χ4v) is 2.59. The van der Waals surface area contributed by atoms with Crippen molar-refractivity contribution >= 4 is 16.0 Å². The van der Waals surface area contributed by atoms with Gasteiger partial charge in [-0.15, -0.1) is 0 Å². The van der Waals surface area contributed by atoms with E-state index in [9.17, 15) is 17.8 Å². The maximum absolute atomic E-state index is 11.4. The van der Waals surface area contributed by atoms with E-state index in [0.29, 0.717) is 5.56 Å². The Morgan fingerprint density at radius 1 is 1.00 bits per heavy atom. The number of benzene rings is 2. The molecule has 0 aromatic heterocycles. The summed E-state index contributed by atoms with van der Waals surface area (Å²) >= 11 is 0. The van der Waals surface area contributed by atoms with Gasteiger partial charge in [-0.25, -0.2) is 0 Å². The first-order valence-corrected chi connectivity index (χ1v) is 6.81. The van der Waals surface area contributed by atoms with Crippen LogP contribution in [0, 0.1) is 0 Å². The Bertz CT molecular complexity index is 724. The quantitative estimate of drug-likeness (QED) is 0.834. The van der Waals surface area contributed by atoms with Gasteiger partial charge in [-0.2, -0.15) is 8.42 Å². The van der Waals surface area contributed by atoms with E-state index in [-0.39, 0.29) is 16.0 Å². The molecule has 0 saturated carbocycles. The van der Waals surface area contributed by atoms with Crippen molar-refractivity contribution < 1.29 is 17.8 Å². The maximum atomic E-state index is 11.4. The maximum Gasteiger partial charge on any atom is 0.295 e. The Hall–Kier alpha value is -2.18. The highest BCUT2D eigenvalue weighted by atomic mass is 32.2. The van der Waals surface area contributed by atoms with Gasteiger partial charge in [0.15, 0.2) is 0 Å². The molecular weight excluding hydrogens is 266 g/mol. The van der Waals surface area contributed by atoms with Crippen molar-refractivity contribution in [3.63, 3.8) is 0 Å². The SMILES string of the molecule is NC(=O)c1cccc(S(=O)(=O)O)c1-c1ccccc1. The standard InChI is InChI=1S/C13H11NO4S/c14-13(15)10-7-4-8-11(19(16,17)18)12(10)9-5-2-1-3-6-9/h1-8H,(H2,14,15)(H,16,17,18). The van der Waals surface area contributed by atoms with Gasteiger partial charge in [0.1, 0.15) is 4.90 Å². The zero-order valence-corrected chi connectivity index (χ0v) is 10.6. The fourth-order valence-electron chi connectivity index (χ4n) is 1.85. The van der Waals surface area contributed by atoms with Gasteiger partial charge in [-0.1, -0.05) is 36.4 Å². The van der Waals surface area contributed by atoms with E-state index in [1.807, 2.05) is 0 Å². The molecule has 0 fully saturated rings. The zero-order valence-electron chi connectivity index (χ0n) is 9.78. The summed E-state index contributed by atoms with van der Waals surface area (Å²) in [7, 11) is -4.45. The minimum Gasteiger partial charge on any atom is -0.366 e. The van der Waals surface area contributed by atoms with Crippen LogP contribution in [-0.4, -0.2) is 18.9 Å². The Morgan fingerprint density at radius 3 is 2.16 bits per heavy atom. The summed E-state index contributed by atoms with van der Waals surface area (Å²) in [6.07, 6.45) is 0. The largest absolute Gasteiger partial charge is 0.366 e. The summed E-state index contributed by atoms with van der Waals surface area (Å²) in [5, 5.41) is 0. The Kier molecular flexibility index (Phi) is 3.37. The molecule has 0 aliphatic carbocycles. The van der Waals surface area contributed by atoms with Crippen LogP contribution < -0.4 is 5.73 Å². The fraction of sp³-hybridized carbons (Fsp3) is 0. The highest BCUT2D eigenvalue weighted by Gasteiger charge is 2.21. The van der Waals surface area contributed by atoms with Crippen molar-refractivity contribution in [2.24, 2.45) is 5.73 Å². The van der Waals surface area contributed by atoms with Crippen LogP contribution in [0.3, 0.4) is 0 Å². The lowest BCUT2D eigenvalue weighted by Crippen LogP contribution is -2.14. The van der Waals surface area contributed by atoms with E-state index in [1.165, 1.54) is 18.2 Å². The predicted molar refractivity (Wildman–Crippen MR) is 70.2 cm³/mol. The van der Waals surface area contributed by atoms with Gasteiger partial charge in [0.2, 0.25) is 5.91 Å². The van der Waals surface area contributed by atoms with Gasteiger partial charge in [0.05, 0.1) is 0 Å². The van der Waals surface area contributed by atoms with E-state index in [1.54, 1.807) is 30.3 Å². The summed E-state index contributed by atoms with van der Waals surface area (Å²) < 4.78 is 32.1. The highest BCUT2D eigenvalue weighted by molar-refractivity contribution is 7.86. The summed E-state index contributed by atoms with van der Waals surface area (Å²) in [4.78, 5) is 11.1. The summed E-state index contributed by atoms with van der Waals surface area (Å²) in [6, 6.07) is 12.4. The molecule has 0 radical (unpaired) electrons. The smallest absolute Gasteiger partial charge is 0.295 e. The number of rotatable bonds is 3. The van der Waals surface area contributed by atoms with Crippen molar-refractivity contribution in [2.75, 3.05) is 0 Å². The lowest BCUT2D eigenvalue weighted by atomic mass is 9.99. The molecule has 0 spiro atoms. The molecule has 98 valence electrons. The molecule has 0 unspecified atom stereocenters. The topological polar surface area (TPSA) is 97.5 Å². The lowest BCUT2D eigenvalue weighted by Gasteiger charge is -2.11. The molecule has 2 aromatic carbocycles. The van der Waals surface area contributed by atoms with Crippen molar-refractivity contribution in [1.29, 1.82) is 0 Å². The van der Waals surface area contributed by atoms with Crippen molar-refractivity contribution in [2.45, 2.75) is 4.90 Å². The molecule has 1 amide bonds. The number of carbonyl (C=O) groups excluding carboxylic acids is 1. The first kappa shape index (κ1) is 13.3. The second-order valence-corrected chi connectivity index (χ2v) is 5.27. The Labute approximate surface area is 110 Å². The van der Waals surface area contributed by atoms with Crippen LogP contribution in [0.1, 0.15) is 10.4 Å². The van der Waals surface area contributed by atoms with Gasteiger partial charge in [-0.05, 0) is 17.7 Å². The summed E-state index contributed by atoms with van der Waals surface area (Å²) in [5.74, 6) is -0.760. The molecule has 0 aliphatic heterocycles. The Balaban J connectivity index is 2.86. The van der Waals surface area contributed by atoms with Gasteiger partial charge >= 0.3 is 0 Å². The van der Waals surface area contributed by atoms with Crippen LogP contribution >= 0.6 is 0 Å². The molecule has 3 N–H and O–H groups in total. The van der Waals surface area contributed by atoms with Crippen molar-refractivity contribution in [1.82, 2.24) is 0 Å². The first-order valence-electron chi connectivity index (χ1n) is 5.37. The lowest BCUT2D eigenvalue weighted by molar-refractivity contribution is 0.100. The van der Waals surface area contributed by atoms with Gasteiger partial charge in [-0.3, -0.25) is 9.35 Å². The molecule has 0 bridgehead atoms. The number of carbonyl (C=O) groups is 1. The van der Waals surface area contributed by atoms with E-state index in [0.717, 1.165) is 0 Å². The van der Waals surface area contributed by atoms with E-state index in [2.05, 4.69) is 0 Å². The van der Waals surface area contributed by atoms with Crippen LogP contribution in [-0.2, 0) is 10.1 Å². The number of hydrogen-bond donors (Lipinski definition) is 2. The second kappa shape index (κ2) is 4.83. The van der Waals surface area contributed by atoms with Gasteiger partial charge < -0.3 is 5.73 Å². The summed E-state index contributed by atoms with van der Waals surface area (Å²) in [5.41, 5.74) is 5.89. The van der Waals surface area contributed by atoms with Crippen LogP contribution in [0.25, 0.3) is 11.1 Å². The molecule has 19 heavy (non-hydrogen) atoms. The molecule has 2 rings (SSSR count). The van der Waals surface area contributed by atoms with Gasteiger partial charge in [0, 0.05) is 11.1 Å². The third kappa shape index (κ3) is 2.64. The third-order valence-corrected chi connectivity index (χ3v) is 3.53. The normalized spacial score (nSPS) is 11.2. The van der Waals surface area contributed by atoms with Crippen LogP contribution in [0.4, 0.5) is 0 Å². The van der Waals surface area contributed by atoms with Gasteiger partial charge in [0.25, 0.3) is 10.1 Å². The number of nitrogens with two attached hydrogens (primary N) is 1. The zero-order chi connectivity index (χ0) is 14.0. The Morgan fingerprint density at radius 2 is 1.63 bits per heavy atom. The molecule has 2 aromatic rings. The summed E-state index contributed by atoms with van der Waals surface area (Å²) in [6.45, 7) is 0. The van der Waals surface area contributed by atoms with Crippen LogP contribution in [0.2, 0.25) is 0 Å². The first-order chi connectivity index (χ1) is 8.91. The monoisotopic (exact) mass is 277 g/mol. The molecule has 0 aliphatic rings. The number of primary amides is 1. The van der Waals surface area contributed by atoms with E-state index >= 15 is 0 Å². The molecule has 6 heteroatoms. The van der Waals surface area contributed by atoms with Crippen LogP contribution in [0.15, 0.2) is 53.4 Å². The van der Waals surface area contributed by atoms with E-state index < -0.39 is 16.0 Å². The molecular formula is C13H11NO4S. The molecule has 0 heterocycles. The molecule has 0 atom stereocenters. The average molecular weight is 277 g/mol. The third-order valence-electron chi connectivity index (χ3n) is 2.63. The minimum absolute atomic E-state index is 0.0429. The molecule has 0 saturated heterocycles. The highest BCUT2D eigenvalue weighted by Crippen LogP contribution is 2.30. The molecule has 5 nitrogen and oxygen atoms in total. The minimum atomic E-state index is -4.45.